The zero-order chi connectivity index (χ0) is 39.6. The van der Waals surface area contributed by atoms with Crippen LogP contribution in [0.5, 0.6) is 0 Å². The molecular weight excluding hydrogens is 743 g/mol. The molecular formula is C53H35N3O2S. The number of nitrogens with zero attached hydrogens (tertiary/aromatic N) is 1. The lowest BCUT2D eigenvalue weighted by Gasteiger charge is -2.21. The summed E-state index contributed by atoms with van der Waals surface area (Å²) in [6.45, 7) is 4.48. The number of benzene rings is 8. The molecule has 0 aliphatic heterocycles. The molecule has 0 saturated carbocycles. The summed E-state index contributed by atoms with van der Waals surface area (Å²) < 4.78 is 15.6. The quantitative estimate of drug-likeness (QED) is 0.138. The minimum Gasteiger partial charge on any atom is -0.456 e. The number of hydrogen-bond acceptors (Lipinski definition) is 4. The van der Waals surface area contributed by atoms with Crippen LogP contribution >= 0.6 is 11.3 Å². The van der Waals surface area contributed by atoms with Crippen LogP contribution in [-0.4, -0.2) is 11.7 Å². The first kappa shape index (κ1) is 33.8. The second kappa shape index (κ2) is 12.4. The first-order chi connectivity index (χ1) is 28.8. The van der Waals surface area contributed by atoms with Crippen LogP contribution in [0.3, 0.4) is 0 Å². The molecule has 1 aliphatic rings. The number of nitrogens with two attached hydrogens (primary N) is 1. The third kappa shape index (κ3) is 5.03. The van der Waals surface area contributed by atoms with E-state index >= 15 is 0 Å². The number of para-hydroxylation sites is 1. The van der Waals surface area contributed by atoms with Gasteiger partial charge in [-0.25, -0.2) is 4.99 Å². The Morgan fingerprint density at radius 2 is 1.25 bits per heavy atom. The Morgan fingerprint density at radius 1 is 0.525 bits per heavy atom. The van der Waals surface area contributed by atoms with E-state index in [2.05, 4.69) is 129 Å². The normalized spacial score (nSPS) is 13.6. The smallest absolute Gasteiger partial charge is 0.154 e. The first-order valence-corrected chi connectivity index (χ1v) is 20.6. The van der Waals surface area contributed by atoms with Crippen molar-refractivity contribution in [2.45, 2.75) is 19.3 Å². The van der Waals surface area contributed by atoms with Crippen LogP contribution in [-0.2, 0) is 5.41 Å². The lowest BCUT2D eigenvalue weighted by Crippen LogP contribution is -2.17. The van der Waals surface area contributed by atoms with Gasteiger partial charge in [-0.2, -0.15) is 0 Å². The van der Waals surface area contributed by atoms with E-state index in [9.17, 15) is 0 Å². The van der Waals surface area contributed by atoms with Gasteiger partial charge in [0.2, 0.25) is 0 Å². The lowest BCUT2D eigenvalue weighted by atomic mass is 9.82. The highest BCUT2D eigenvalue weighted by Gasteiger charge is 2.35. The molecule has 3 aromatic heterocycles. The van der Waals surface area contributed by atoms with Crippen molar-refractivity contribution in [2.75, 3.05) is 0 Å². The fraction of sp³-hybridized carbons (Fsp3) is 0.0566. The van der Waals surface area contributed by atoms with E-state index in [1.807, 2.05) is 53.8 Å². The molecule has 0 unspecified atom stereocenters. The number of aliphatic imine (C=N–C) groups is 1. The van der Waals surface area contributed by atoms with Crippen LogP contribution in [0.15, 0.2) is 172 Å². The summed E-state index contributed by atoms with van der Waals surface area (Å²) in [5, 5.41) is 15.6. The van der Waals surface area contributed by atoms with Gasteiger partial charge in [-0.1, -0.05) is 117 Å². The molecule has 280 valence electrons. The Hall–Kier alpha value is -7.28. The summed E-state index contributed by atoms with van der Waals surface area (Å²) in [7, 11) is 0. The molecule has 3 N–H and O–H groups in total. The summed E-state index contributed by atoms with van der Waals surface area (Å²) in [6, 6.07) is 55.0. The largest absolute Gasteiger partial charge is 0.456 e. The zero-order valence-corrected chi connectivity index (χ0v) is 33.1. The van der Waals surface area contributed by atoms with Crippen LogP contribution in [0.4, 0.5) is 0 Å². The van der Waals surface area contributed by atoms with Gasteiger partial charge in [-0.15, -0.1) is 11.3 Å². The van der Waals surface area contributed by atoms with Crippen molar-refractivity contribution in [3.05, 3.63) is 180 Å². The molecule has 0 fully saturated rings. The lowest BCUT2D eigenvalue weighted by molar-refractivity contribution is 0.660. The second-order valence-electron chi connectivity index (χ2n) is 16.1. The van der Waals surface area contributed by atoms with Crippen LogP contribution < -0.4 is 5.73 Å². The van der Waals surface area contributed by atoms with Crippen molar-refractivity contribution in [1.29, 1.82) is 5.41 Å². The Labute approximate surface area is 343 Å². The van der Waals surface area contributed by atoms with Crippen molar-refractivity contribution in [1.82, 2.24) is 0 Å². The van der Waals surface area contributed by atoms with Crippen molar-refractivity contribution < 1.29 is 8.83 Å². The van der Waals surface area contributed by atoms with E-state index in [0.717, 1.165) is 71.7 Å². The highest BCUT2D eigenvalue weighted by Crippen LogP contribution is 2.49. The van der Waals surface area contributed by atoms with E-state index < -0.39 is 0 Å². The second-order valence-corrected chi connectivity index (χ2v) is 17.2. The maximum atomic E-state index is 9.13. The molecule has 0 amide bonds. The summed E-state index contributed by atoms with van der Waals surface area (Å²) in [5.74, 6) is 0.376. The molecule has 3 heterocycles. The van der Waals surface area contributed by atoms with Gasteiger partial charge >= 0.3 is 0 Å². The van der Waals surface area contributed by atoms with Gasteiger partial charge in [0.25, 0.3) is 0 Å². The molecule has 0 spiro atoms. The van der Waals surface area contributed by atoms with Gasteiger partial charge in [0.05, 0.1) is 0 Å². The minimum absolute atomic E-state index is 0.113. The van der Waals surface area contributed by atoms with Crippen LogP contribution in [0.25, 0.3) is 97.4 Å². The monoisotopic (exact) mass is 777 g/mol. The topological polar surface area (TPSA) is 88.5 Å². The average Bonchev–Trinajstić information content (AvgIpc) is 4.00. The predicted molar refractivity (Wildman–Crippen MR) is 246 cm³/mol. The van der Waals surface area contributed by atoms with Crippen LogP contribution in [0.2, 0.25) is 0 Å². The molecule has 5 nitrogen and oxygen atoms in total. The molecule has 12 rings (SSSR count). The zero-order valence-electron chi connectivity index (χ0n) is 32.3. The summed E-state index contributed by atoms with van der Waals surface area (Å²) in [6.07, 6.45) is 0. The molecule has 0 saturated heterocycles. The third-order valence-corrected chi connectivity index (χ3v) is 13.5. The number of hydrogen-bond donors (Lipinski definition) is 2. The first-order valence-electron chi connectivity index (χ1n) is 19.8. The minimum atomic E-state index is -0.183. The third-order valence-electron chi connectivity index (χ3n) is 12.4. The van der Waals surface area contributed by atoms with E-state index in [1.54, 1.807) is 0 Å². The van der Waals surface area contributed by atoms with E-state index in [0.29, 0.717) is 5.58 Å². The van der Waals surface area contributed by atoms with E-state index in [-0.39, 0.29) is 17.1 Å². The SMILES string of the molecule is CC1(C)c2ccccc2-c2ccc(C(=N)N=C(N)c3cccc4oc5ccc(-c6cc(-c7ccc8c(c7)sc7ccccc78)cc7oc8ccccc8c67)cc5c34)cc21. The van der Waals surface area contributed by atoms with Crippen molar-refractivity contribution in [2.24, 2.45) is 10.7 Å². The van der Waals surface area contributed by atoms with Gasteiger partial charge in [-0.3, -0.25) is 5.41 Å². The van der Waals surface area contributed by atoms with Crippen LogP contribution in [0, 0.1) is 5.41 Å². The molecule has 1 aliphatic carbocycles. The maximum Gasteiger partial charge on any atom is 0.154 e. The van der Waals surface area contributed by atoms with Gasteiger partial charge in [-0.05, 0) is 99.1 Å². The summed E-state index contributed by atoms with van der Waals surface area (Å²) >= 11 is 1.82. The van der Waals surface area contributed by atoms with Gasteiger partial charge in [0, 0.05) is 58.3 Å². The highest BCUT2D eigenvalue weighted by molar-refractivity contribution is 7.25. The van der Waals surface area contributed by atoms with Gasteiger partial charge in [0.15, 0.2) is 5.84 Å². The summed E-state index contributed by atoms with van der Waals surface area (Å²) in [5.41, 5.74) is 20.5. The Kier molecular flexibility index (Phi) is 7.09. The number of nitrogens with one attached hydrogen (secondary N) is 1. The molecule has 8 aromatic carbocycles. The fourth-order valence-electron chi connectivity index (χ4n) is 9.46. The predicted octanol–water partition coefficient (Wildman–Crippen LogP) is 14.2. The fourth-order valence-corrected chi connectivity index (χ4v) is 10.6. The number of rotatable bonds is 4. The van der Waals surface area contributed by atoms with Crippen molar-refractivity contribution in [3.63, 3.8) is 0 Å². The molecule has 0 atom stereocenters. The molecule has 11 aromatic rings. The number of fused-ring (bicyclic) bond motifs is 12. The Balaban J connectivity index is 0.988. The molecule has 6 heteroatoms. The standard InChI is InChI=1S/C53H35N3O2S/c1-53(2)41-14-6-3-10-33(41)34-21-19-31(26-42(34)53)51(54)56-52(55)38-13-9-16-45-50(38)40-24-30(20-23-44(40)57-45)39-25-32(27-46-49(39)37-12-4-7-15-43(37)58-46)29-18-22-36-35-11-5-8-17-47(35)59-48(36)28-29/h3-28H,1-2H3,(H3,54,55,56). The Bertz CT molecular complexity index is 3640. The maximum absolute atomic E-state index is 9.13. The molecule has 59 heavy (non-hydrogen) atoms. The number of furan rings is 2. The van der Waals surface area contributed by atoms with Gasteiger partial charge < -0.3 is 14.6 Å². The summed E-state index contributed by atoms with van der Waals surface area (Å²) in [4.78, 5) is 4.73. The van der Waals surface area contributed by atoms with E-state index in [4.69, 9.17) is 25.0 Å². The molecule has 0 bridgehead atoms. The number of amidine groups is 2. The van der Waals surface area contributed by atoms with Crippen LogP contribution in [0.1, 0.15) is 36.1 Å². The highest BCUT2D eigenvalue weighted by atomic mass is 32.1. The van der Waals surface area contributed by atoms with Gasteiger partial charge in [0.1, 0.15) is 28.2 Å². The number of thiophene rings is 1. The average molecular weight is 778 g/mol. The molecule has 0 radical (unpaired) electrons. The van der Waals surface area contributed by atoms with Crippen molar-refractivity contribution >= 4 is 87.1 Å². The van der Waals surface area contributed by atoms with Crippen molar-refractivity contribution in [3.8, 4) is 33.4 Å². The van der Waals surface area contributed by atoms with E-state index in [1.165, 1.54) is 42.4 Å². The Morgan fingerprint density at radius 3 is 2.17 bits per heavy atom.